The lowest BCUT2D eigenvalue weighted by Crippen LogP contribution is -2.40. The van der Waals surface area contributed by atoms with Gasteiger partial charge in [-0.15, -0.1) is 24.8 Å². The molecule has 1 aliphatic rings. The number of ketones is 1. The van der Waals surface area contributed by atoms with Gasteiger partial charge in [-0.05, 0) is 58.0 Å². The molecule has 202 valence electrons. The normalized spacial score (nSPS) is 15.0. The molecule has 1 atom stereocenters. The minimum absolute atomic E-state index is 0. The summed E-state index contributed by atoms with van der Waals surface area (Å²) in [6, 6.07) is 11.9. The molecule has 1 fully saturated rings. The summed E-state index contributed by atoms with van der Waals surface area (Å²) < 4.78 is 0. The molecular formula is C28H39Cl2N5O2. The Morgan fingerprint density at radius 1 is 1.08 bits per heavy atom. The summed E-state index contributed by atoms with van der Waals surface area (Å²) in [5.41, 5.74) is 2.62. The standard InChI is InChI=1S/C28H37N5O2.2ClH/c1-3-22(34)10-5-4-6-12-25(32-28(35)21-15-17-33(2)18-16-21)27-29-19-26(31-27)24-14-13-20-9-7-8-11-23(20)30-24;;/h7-9,11,13-14,19,21,25H,3-6,10,12,15-18H2,1-2H3,(H,29,31)(H,32,35);2*1H/t25-;;/m0../s1. The predicted octanol–water partition coefficient (Wildman–Crippen LogP) is 5.90. The van der Waals surface area contributed by atoms with Crippen molar-refractivity contribution >= 4 is 47.4 Å². The number of aromatic amines is 1. The number of rotatable bonds is 11. The number of pyridine rings is 1. The molecule has 0 spiro atoms. The molecular weight excluding hydrogens is 509 g/mol. The Bertz CT molecular complexity index is 1140. The van der Waals surface area contributed by atoms with Gasteiger partial charge in [0.1, 0.15) is 11.6 Å². The van der Waals surface area contributed by atoms with Crippen molar-refractivity contribution in [3.8, 4) is 11.4 Å². The van der Waals surface area contributed by atoms with Crippen molar-refractivity contribution in [2.24, 2.45) is 5.92 Å². The van der Waals surface area contributed by atoms with Gasteiger partial charge in [0.2, 0.25) is 5.91 Å². The van der Waals surface area contributed by atoms with Crippen LogP contribution in [0.5, 0.6) is 0 Å². The number of imidazole rings is 1. The lowest BCUT2D eigenvalue weighted by atomic mass is 9.95. The van der Waals surface area contributed by atoms with Crippen LogP contribution in [0.15, 0.2) is 42.6 Å². The summed E-state index contributed by atoms with van der Waals surface area (Å²) in [4.78, 5) is 39.8. The zero-order valence-corrected chi connectivity index (χ0v) is 23.4. The highest BCUT2D eigenvalue weighted by molar-refractivity contribution is 5.85. The Labute approximate surface area is 232 Å². The number of para-hydroxylation sites is 1. The van der Waals surface area contributed by atoms with E-state index in [2.05, 4.69) is 33.3 Å². The van der Waals surface area contributed by atoms with Crippen molar-refractivity contribution < 1.29 is 9.59 Å². The van der Waals surface area contributed by atoms with Crippen LogP contribution >= 0.6 is 24.8 Å². The number of halogens is 2. The van der Waals surface area contributed by atoms with Crippen LogP contribution in [0, 0.1) is 5.92 Å². The van der Waals surface area contributed by atoms with Gasteiger partial charge < -0.3 is 15.2 Å². The highest BCUT2D eigenvalue weighted by atomic mass is 35.5. The number of amides is 1. The van der Waals surface area contributed by atoms with Gasteiger partial charge in [0.05, 0.1) is 29.1 Å². The third-order valence-electron chi connectivity index (χ3n) is 7.05. The van der Waals surface area contributed by atoms with Crippen LogP contribution in [-0.2, 0) is 9.59 Å². The summed E-state index contributed by atoms with van der Waals surface area (Å²) in [5.74, 6) is 1.25. The van der Waals surface area contributed by atoms with Crippen LogP contribution in [0.3, 0.4) is 0 Å². The lowest BCUT2D eigenvalue weighted by Gasteiger charge is -2.29. The average molecular weight is 549 g/mol. The summed E-state index contributed by atoms with van der Waals surface area (Å²) in [6.45, 7) is 3.81. The molecule has 3 aromatic rings. The van der Waals surface area contributed by atoms with Gasteiger partial charge in [-0.25, -0.2) is 9.97 Å². The molecule has 1 saturated heterocycles. The topological polar surface area (TPSA) is 91.0 Å². The Morgan fingerprint density at radius 3 is 2.59 bits per heavy atom. The Hall–Kier alpha value is -2.48. The predicted molar refractivity (Wildman–Crippen MR) is 153 cm³/mol. The Balaban J connectivity index is 0.00000241. The van der Waals surface area contributed by atoms with E-state index < -0.39 is 0 Å². The minimum Gasteiger partial charge on any atom is -0.346 e. The van der Waals surface area contributed by atoms with E-state index in [1.54, 1.807) is 6.20 Å². The second-order valence-electron chi connectivity index (χ2n) is 9.70. The second-order valence-corrected chi connectivity index (χ2v) is 9.70. The quantitative estimate of drug-likeness (QED) is 0.291. The molecule has 0 aliphatic carbocycles. The van der Waals surface area contributed by atoms with E-state index in [-0.39, 0.29) is 42.7 Å². The van der Waals surface area contributed by atoms with Crippen molar-refractivity contribution in [2.75, 3.05) is 20.1 Å². The number of carbonyl (C=O) groups excluding carboxylic acids is 2. The van der Waals surface area contributed by atoms with E-state index in [4.69, 9.17) is 4.98 Å². The maximum atomic E-state index is 13.1. The van der Waals surface area contributed by atoms with Gasteiger partial charge in [0.15, 0.2) is 0 Å². The van der Waals surface area contributed by atoms with E-state index in [1.165, 1.54) is 0 Å². The maximum Gasteiger partial charge on any atom is 0.223 e. The number of fused-ring (bicyclic) bond motifs is 1. The summed E-state index contributed by atoms with van der Waals surface area (Å²) in [6.07, 6.45) is 8.41. The number of hydrogen-bond donors (Lipinski definition) is 2. The molecule has 2 aromatic heterocycles. The first-order chi connectivity index (χ1) is 17.0. The van der Waals surface area contributed by atoms with Crippen molar-refractivity contribution in [3.63, 3.8) is 0 Å². The third kappa shape index (κ3) is 8.52. The van der Waals surface area contributed by atoms with E-state index in [9.17, 15) is 9.59 Å². The molecule has 1 aliphatic heterocycles. The molecule has 4 rings (SSSR count). The van der Waals surface area contributed by atoms with Crippen molar-refractivity contribution in [2.45, 2.75) is 64.3 Å². The van der Waals surface area contributed by atoms with E-state index in [0.717, 1.165) is 79.7 Å². The van der Waals surface area contributed by atoms with E-state index >= 15 is 0 Å². The van der Waals surface area contributed by atoms with E-state index in [0.29, 0.717) is 18.6 Å². The molecule has 0 unspecified atom stereocenters. The Kier molecular flexibility index (Phi) is 12.5. The number of nitrogens with one attached hydrogen (secondary N) is 2. The number of unbranched alkanes of at least 4 members (excludes halogenated alkanes) is 2. The first kappa shape index (κ1) is 30.7. The van der Waals surface area contributed by atoms with Gasteiger partial charge in [0, 0.05) is 24.1 Å². The SMILES string of the molecule is CCC(=O)CCCCC[C@H](NC(=O)C1CCN(C)CC1)c1ncc(-c2ccc3ccccc3n2)[nH]1.Cl.Cl. The fourth-order valence-electron chi connectivity index (χ4n) is 4.72. The van der Waals surface area contributed by atoms with Crippen LogP contribution in [0.1, 0.15) is 70.2 Å². The number of carbonyl (C=O) groups is 2. The number of H-pyrrole nitrogens is 1. The van der Waals surface area contributed by atoms with Gasteiger partial charge in [-0.3, -0.25) is 9.59 Å². The fourth-order valence-corrected chi connectivity index (χ4v) is 4.72. The first-order valence-corrected chi connectivity index (χ1v) is 12.9. The molecule has 3 heterocycles. The number of benzene rings is 1. The number of nitrogens with zero attached hydrogens (tertiary/aromatic N) is 3. The van der Waals surface area contributed by atoms with Gasteiger partial charge in [-0.1, -0.05) is 44.0 Å². The van der Waals surface area contributed by atoms with Gasteiger partial charge >= 0.3 is 0 Å². The van der Waals surface area contributed by atoms with Crippen LogP contribution in [0.25, 0.3) is 22.3 Å². The number of aromatic nitrogens is 3. The molecule has 37 heavy (non-hydrogen) atoms. The summed E-state index contributed by atoms with van der Waals surface area (Å²) in [5, 5.41) is 4.38. The molecule has 0 saturated carbocycles. The zero-order valence-electron chi connectivity index (χ0n) is 21.7. The van der Waals surface area contributed by atoms with Crippen LogP contribution < -0.4 is 5.32 Å². The molecule has 1 amide bonds. The molecule has 0 radical (unpaired) electrons. The summed E-state index contributed by atoms with van der Waals surface area (Å²) in [7, 11) is 2.10. The summed E-state index contributed by atoms with van der Waals surface area (Å²) >= 11 is 0. The highest BCUT2D eigenvalue weighted by Gasteiger charge is 2.26. The van der Waals surface area contributed by atoms with Crippen LogP contribution in [0.2, 0.25) is 0 Å². The largest absolute Gasteiger partial charge is 0.346 e. The van der Waals surface area contributed by atoms with Crippen molar-refractivity contribution in [1.82, 2.24) is 25.2 Å². The smallest absolute Gasteiger partial charge is 0.223 e. The minimum atomic E-state index is -0.182. The zero-order chi connectivity index (χ0) is 24.6. The van der Waals surface area contributed by atoms with E-state index in [1.807, 2.05) is 37.3 Å². The first-order valence-electron chi connectivity index (χ1n) is 12.9. The molecule has 1 aromatic carbocycles. The Morgan fingerprint density at radius 2 is 1.84 bits per heavy atom. The van der Waals surface area contributed by atoms with Gasteiger partial charge in [0.25, 0.3) is 0 Å². The number of hydrogen-bond acceptors (Lipinski definition) is 5. The average Bonchev–Trinajstić information content (AvgIpc) is 3.38. The lowest BCUT2D eigenvalue weighted by molar-refractivity contribution is -0.127. The van der Waals surface area contributed by atoms with Crippen molar-refractivity contribution in [3.05, 3.63) is 48.4 Å². The van der Waals surface area contributed by atoms with Gasteiger partial charge in [-0.2, -0.15) is 0 Å². The van der Waals surface area contributed by atoms with Crippen LogP contribution in [-0.4, -0.2) is 51.7 Å². The number of likely N-dealkylation sites (tertiary alicyclic amines) is 1. The maximum absolute atomic E-state index is 13.1. The molecule has 7 nitrogen and oxygen atoms in total. The second kappa shape index (κ2) is 15.1. The third-order valence-corrected chi connectivity index (χ3v) is 7.05. The monoisotopic (exact) mass is 547 g/mol. The number of Topliss-reactive ketones (excluding diaryl/α,β-unsaturated/α-hetero) is 1. The van der Waals surface area contributed by atoms with Crippen molar-refractivity contribution in [1.29, 1.82) is 0 Å². The fraction of sp³-hybridized carbons (Fsp3) is 0.500. The van der Waals surface area contributed by atoms with Crippen LogP contribution in [0.4, 0.5) is 0 Å². The molecule has 0 bridgehead atoms. The molecule has 9 heteroatoms. The number of piperidine rings is 1. The molecule has 2 N–H and O–H groups in total. The highest BCUT2D eigenvalue weighted by Crippen LogP contribution is 2.25.